The molecule has 0 aromatic rings. The fraction of sp³-hybridized carbons (Fsp3) is 0.861. The quantitative estimate of drug-likeness (QED) is 0.0460. The molecular weight excluding hydrogens is 526 g/mol. The molecule has 0 saturated heterocycles. The fourth-order valence-corrected chi connectivity index (χ4v) is 5.25. The van der Waals surface area contributed by atoms with Gasteiger partial charge < -0.3 is 15.2 Å². The van der Waals surface area contributed by atoms with E-state index in [-0.39, 0.29) is 24.5 Å². The van der Waals surface area contributed by atoms with Gasteiger partial charge in [-0.3, -0.25) is 14.4 Å². The Balaban J connectivity index is 3.93. The second-order valence-corrected chi connectivity index (χ2v) is 12.1. The van der Waals surface area contributed by atoms with Gasteiger partial charge in [-0.05, 0) is 44.6 Å². The summed E-state index contributed by atoms with van der Waals surface area (Å²) in [6, 6.07) is 0. The van der Waals surface area contributed by atoms with Crippen molar-refractivity contribution in [3.63, 3.8) is 0 Å². The number of esters is 1. The van der Waals surface area contributed by atoms with Crippen LogP contribution in [-0.4, -0.2) is 35.6 Å². The van der Waals surface area contributed by atoms with E-state index in [1.807, 2.05) is 0 Å². The lowest BCUT2D eigenvalue weighted by Crippen LogP contribution is -2.28. The second kappa shape index (κ2) is 32.1. The third-order valence-electron chi connectivity index (χ3n) is 7.92. The lowest BCUT2D eigenvalue weighted by Gasteiger charge is -2.15. The largest absolute Gasteiger partial charge is 0.480 e. The van der Waals surface area contributed by atoms with E-state index in [1.54, 1.807) is 0 Å². The zero-order valence-corrected chi connectivity index (χ0v) is 27.6. The lowest BCUT2D eigenvalue weighted by molar-refractivity contribution is -0.147. The molecular formula is C36H67NO5. The van der Waals surface area contributed by atoms with E-state index >= 15 is 0 Å². The van der Waals surface area contributed by atoms with Gasteiger partial charge >= 0.3 is 11.9 Å². The van der Waals surface area contributed by atoms with Crippen LogP contribution in [0.5, 0.6) is 0 Å². The van der Waals surface area contributed by atoms with Crippen LogP contribution < -0.4 is 5.32 Å². The number of rotatable bonds is 32. The maximum absolute atomic E-state index is 12.5. The van der Waals surface area contributed by atoms with Crippen molar-refractivity contribution in [3.05, 3.63) is 12.2 Å². The molecule has 0 aliphatic heterocycles. The maximum Gasteiger partial charge on any atom is 0.322 e. The van der Waals surface area contributed by atoms with E-state index in [9.17, 15) is 14.4 Å². The molecule has 0 aliphatic carbocycles. The summed E-state index contributed by atoms with van der Waals surface area (Å²) in [4.78, 5) is 34.6. The van der Waals surface area contributed by atoms with Gasteiger partial charge in [0.05, 0.1) is 0 Å². The molecule has 0 saturated carbocycles. The van der Waals surface area contributed by atoms with E-state index in [4.69, 9.17) is 9.84 Å². The Kier molecular flexibility index (Phi) is 30.7. The monoisotopic (exact) mass is 594 g/mol. The van der Waals surface area contributed by atoms with E-state index < -0.39 is 5.97 Å². The van der Waals surface area contributed by atoms with Crippen LogP contribution in [0.4, 0.5) is 0 Å². The molecule has 6 nitrogen and oxygen atoms in total. The molecule has 1 amide bonds. The molecule has 0 aromatic heterocycles. The van der Waals surface area contributed by atoms with Crippen LogP contribution in [-0.2, 0) is 19.1 Å². The Morgan fingerprint density at radius 3 is 1.60 bits per heavy atom. The summed E-state index contributed by atoms with van der Waals surface area (Å²) in [6.07, 6.45) is 35.0. The predicted molar refractivity (Wildman–Crippen MR) is 176 cm³/mol. The molecule has 0 aliphatic rings. The Morgan fingerprint density at radius 1 is 0.619 bits per heavy atom. The number of carbonyl (C=O) groups is 3. The number of aliphatic carboxylic acids is 1. The molecule has 1 atom stereocenters. The molecule has 0 spiro atoms. The lowest BCUT2D eigenvalue weighted by atomic mass is 10.0. The van der Waals surface area contributed by atoms with Crippen molar-refractivity contribution in [2.75, 3.05) is 6.54 Å². The highest BCUT2D eigenvalue weighted by Crippen LogP contribution is 2.16. The first-order chi connectivity index (χ1) is 20.5. The molecule has 0 radical (unpaired) electrons. The zero-order chi connectivity index (χ0) is 30.9. The van der Waals surface area contributed by atoms with Gasteiger partial charge in [-0.1, -0.05) is 142 Å². The fourth-order valence-electron chi connectivity index (χ4n) is 5.25. The first kappa shape index (κ1) is 40.1. The van der Waals surface area contributed by atoms with Crippen molar-refractivity contribution < 1.29 is 24.2 Å². The smallest absolute Gasteiger partial charge is 0.322 e. The summed E-state index contributed by atoms with van der Waals surface area (Å²) in [5.74, 6) is -1.33. The zero-order valence-electron chi connectivity index (χ0n) is 27.6. The van der Waals surface area contributed by atoms with Crippen molar-refractivity contribution in [1.82, 2.24) is 5.32 Å². The van der Waals surface area contributed by atoms with Gasteiger partial charge in [0.25, 0.3) is 0 Å². The molecule has 1 unspecified atom stereocenters. The number of carboxylic acids is 1. The first-order valence-electron chi connectivity index (χ1n) is 17.8. The Bertz CT molecular complexity index is 663. The van der Waals surface area contributed by atoms with Crippen molar-refractivity contribution in [3.8, 4) is 0 Å². The summed E-state index contributed by atoms with van der Waals surface area (Å²) in [6.45, 7) is 4.15. The topological polar surface area (TPSA) is 92.7 Å². The minimum atomic E-state index is -1.03. The SMILES string of the molecule is CCCCC/C=C\C(CCCCCCC(=O)NCC(=O)O)OC(=O)CCCCCCCCCCCCCCCCCC. The number of hydrogen-bond donors (Lipinski definition) is 2. The molecule has 6 heteroatoms. The van der Waals surface area contributed by atoms with Gasteiger partial charge in [-0.2, -0.15) is 0 Å². The number of hydrogen-bond acceptors (Lipinski definition) is 4. The molecule has 2 N–H and O–H groups in total. The summed E-state index contributed by atoms with van der Waals surface area (Å²) in [5.41, 5.74) is 0. The summed E-state index contributed by atoms with van der Waals surface area (Å²) >= 11 is 0. The van der Waals surface area contributed by atoms with E-state index in [1.165, 1.54) is 103 Å². The maximum atomic E-state index is 12.5. The molecule has 42 heavy (non-hydrogen) atoms. The number of carboxylic acid groups (broad SMARTS) is 1. The van der Waals surface area contributed by atoms with Gasteiger partial charge in [0.15, 0.2) is 0 Å². The number of nitrogens with one attached hydrogen (secondary N) is 1. The average molecular weight is 594 g/mol. The standard InChI is InChI=1S/C36H67NO5/c1-3-5-7-9-10-11-12-13-14-15-16-17-18-19-21-27-31-36(41)42-33(28-24-20-8-6-4-2)29-25-22-23-26-30-34(38)37-32-35(39)40/h24,28,33H,3-23,25-27,29-32H2,1-2H3,(H,37,38)(H,39,40)/b28-24-. The molecule has 0 bridgehead atoms. The first-order valence-corrected chi connectivity index (χ1v) is 17.8. The highest BCUT2D eigenvalue weighted by Gasteiger charge is 2.12. The normalized spacial score (nSPS) is 12.0. The van der Waals surface area contributed by atoms with Crippen LogP contribution >= 0.6 is 0 Å². The number of allylic oxidation sites excluding steroid dienone is 1. The van der Waals surface area contributed by atoms with Gasteiger partial charge in [0, 0.05) is 12.8 Å². The van der Waals surface area contributed by atoms with Crippen LogP contribution in [0, 0.1) is 0 Å². The van der Waals surface area contributed by atoms with Gasteiger partial charge in [-0.25, -0.2) is 0 Å². The van der Waals surface area contributed by atoms with Crippen molar-refractivity contribution >= 4 is 17.8 Å². The van der Waals surface area contributed by atoms with Crippen LogP contribution in [0.1, 0.15) is 187 Å². The average Bonchev–Trinajstić information content (AvgIpc) is 2.97. The number of carbonyl (C=O) groups excluding carboxylic acids is 2. The Morgan fingerprint density at radius 2 is 1.07 bits per heavy atom. The van der Waals surface area contributed by atoms with Crippen LogP contribution in [0.15, 0.2) is 12.2 Å². The molecule has 0 aromatic carbocycles. The van der Waals surface area contributed by atoms with E-state index in [2.05, 4.69) is 31.3 Å². The molecule has 0 fully saturated rings. The third kappa shape index (κ3) is 31.1. The minimum Gasteiger partial charge on any atom is -0.480 e. The van der Waals surface area contributed by atoms with Crippen LogP contribution in [0.2, 0.25) is 0 Å². The summed E-state index contributed by atoms with van der Waals surface area (Å²) < 4.78 is 5.83. The molecule has 0 rings (SSSR count). The minimum absolute atomic E-state index is 0.0846. The highest BCUT2D eigenvalue weighted by molar-refractivity contribution is 5.80. The summed E-state index contributed by atoms with van der Waals surface area (Å²) in [5, 5.41) is 11.0. The van der Waals surface area contributed by atoms with Crippen molar-refractivity contribution in [2.45, 2.75) is 193 Å². The third-order valence-corrected chi connectivity index (χ3v) is 7.92. The number of amides is 1. The van der Waals surface area contributed by atoms with Crippen LogP contribution in [0.25, 0.3) is 0 Å². The van der Waals surface area contributed by atoms with Crippen LogP contribution in [0.3, 0.4) is 0 Å². The van der Waals surface area contributed by atoms with Gasteiger partial charge in [-0.15, -0.1) is 0 Å². The number of unbranched alkanes of at least 4 members (excludes halogenated alkanes) is 21. The van der Waals surface area contributed by atoms with Crippen molar-refractivity contribution in [2.24, 2.45) is 0 Å². The number of ether oxygens (including phenoxy) is 1. The van der Waals surface area contributed by atoms with Crippen molar-refractivity contribution in [1.29, 1.82) is 0 Å². The predicted octanol–water partition coefficient (Wildman–Crippen LogP) is 10.2. The van der Waals surface area contributed by atoms with E-state index in [0.29, 0.717) is 12.8 Å². The second-order valence-electron chi connectivity index (χ2n) is 12.1. The summed E-state index contributed by atoms with van der Waals surface area (Å²) in [7, 11) is 0. The van der Waals surface area contributed by atoms with E-state index in [0.717, 1.165) is 57.8 Å². The van der Waals surface area contributed by atoms with Gasteiger partial charge in [0.1, 0.15) is 12.6 Å². The molecule has 0 heterocycles. The Labute approximate surface area is 259 Å². The molecule has 246 valence electrons. The van der Waals surface area contributed by atoms with Gasteiger partial charge in [0.2, 0.25) is 5.91 Å². The Hall–Kier alpha value is -1.85. The highest BCUT2D eigenvalue weighted by atomic mass is 16.5.